The van der Waals surface area contributed by atoms with Crippen LogP contribution < -0.4 is 0 Å². The molecule has 3 nitrogen and oxygen atoms in total. The van der Waals surface area contributed by atoms with Crippen molar-refractivity contribution in [1.82, 2.24) is 4.90 Å². The summed E-state index contributed by atoms with van der Waals surface area (Å²) in [7, 11) is 0. The molecule has 1 aromatic carbocycles. The van der Waals surface area contributed by atoms with Crippen LogP contribution in [-0.2, 0) is 0 Å². The van der Waals surface area contributed by atoms with E-state index in [1.165, 1.54) is 19.3 Å². The number of carbonyl (C=O) groups is 1. The molecule has 1 heterocycles. The van der Waals surface area contributed by atoms with Gasteiger partial charge in [-0.15, -0.1) is 0 Å². The minimum atomic E-state index is 0.143. The largest absolute Gasteiger partial charge is 0.508 e. The Morgan fingerprint density at radius 1 is 1.19 bits per heavy atom. The third kappa shape index (κ3) is 4.57. The molecule has 1 aromatic rings. The van der Waals surface area contributed by atoms with Gasteiger partial charge in [0.2, 0.25) is 0 Å². The van der Waals surface area contributed by atoms with Crippen molar-refractivity contribution in [3.05, 3.63) is 29.8 Å². The molecule has 1 N–H and O–H groups in total. The number of phenols is 1. The number of phenolic OH excluding ortho intramolecular Hbond substituents is 1. The quantitative estimate of drug-likeness (QED) is 0.862. The first-order valence-electron chi connectivity index (χ1n) is 7.91. The lowest BCUT2D eigenvalue weighted by Gasteiger charge is -2.29. The Morgan fingerprint density at radius 2 is 1.86 bits per heavy atom. The van der Waals surface area contributed by atoms with Crippen molar-refractivity contribution in [2.45, 2.75) is 40.0 Å². The summed E-state index contributed by atoms with van der Waals surface area (Å²) in [6, 6.07) is 6.55. The number of hydrogen-bond donors (Lipinski definition) is 1. The molecule has 0 aliphatic carbocycles. The van der Waals surface area contributed by atoms with E-state index in [2.05, 4.69) is 25.7 Å². The highest BCUT2D eigenvalue weighted by Crippen LogP contribution is 2.34. The number of Topliss-reactive ketones (excluding diaryl/α,β-unsaturated/α-hetero) is 1. The summed E-state index contributed by atoms with van der Waals surface area (Å²) in [5.74, 6) is 1.09. The number of rotatable bonds is 3. The Hall–Kier alpha value is -1.35. The van der Waals surface area contributed by atoms with Gasteiger partial charge in [0.25, 0.3) is 0 Å². The molecule has 3 heteroatoms. The summed E-state index contributed by atoms with van der Waals surface area (Å²) in [6.45, 7) is 9.45. The van der Waals surface area contributed by atoms with Crippen molar-refractivity contribution in [1.29, 1.82) is 0 Å². The Labute approximate surface area is 128 Å². The molecule has 1 aliphatic heterocycles. The van der Waals surface area contributed by atoms with Gasteiger partial charge in [0, 0.05) is 5.56 Å². The molecular weight excluding hydrogens is 262 g/mol. The fourth-order valence-corrected chi connectivity index (χ4v) is 3.12. The molecule has 21 heavy (non-hydrogen) atoms. The number of likely N-dealkylation sites (tertiary alicyclic amines) is 1. The lowest BCUT2D eigenvalue weighted by Crippen LogP contribution is -2.31. The molecule has 0 bridgehead atoms. The third-order valence-corrected chi connectivity index (χ3v) is 4.60. The number of ketones is 1. The first kappa shape index (κ1) is 16.0. The molecule has 0 aromatic heterocycles. The number of aromatic hydroxyl groups is 1. The van der Waals surface area contributed by atoms with Gasteiger partial charge in [-0.3, -0.25) is 9.69 Å². The van der Waals surface area contributed by atoms with E-state index in [4.69, 9.17) is 0 Å². The van der Waals surface area contributed by atoms with Crippen molar-refractivity contribution in [3.8, 4) is 5.75 Å². The molecule has 0 radical (unpaired) electrons. The summed E-state index contributed by atoms with van der Waals surface area (Å²) >= 11 is 0. The van der Waals surface area contributed by atoms with Crippen LogP contribution in [0.4, 0.5) is 0 Å². The molecule has 1 unspecified atom stereocenters. The van der Waals surface area contributed by atoms with Crippen LogP contribution >= 0.6 is 0 Å². The first-order chi connectivity index (χ1) is 9.86. The van der Waals surface area contributed by atoms with E-state index in [1.807, 2.05) is 0 Å². The summed E-state index contributed by atoms with van der Waals surface area (Å²) in [5.41, 5.74) is 1.04. The van der Waals surface area contributed by atoms with Gasteiger partial charge in [-0.05, 0) is 68.0 Å². The highest BCUT2D eigenvalue weighted by molar-refractivity contribution is 5.97. The van der Waals surface area contributed by atoms with Gasteiger partial charge in [-0.25, -0.2) is 0 Å². The van der Waals surface area contributed by atoms with Crippen molar-refractivity contribution >= 4 is 5.78 Å². The number of nitrogens with zero attached hydrogens (tertiary/aromatic N) is 1. The SMILES string of the molecule is CC(C)(C)C1CCCN(CC(=O)c2ccc(O)cc2)CC1. The van der Waals surface area contributed by atoms with Crippen molar-refractivity contribution in [2.75, 3.05) is 19.6 Å². The van der Waals surface area contributed by atoms with Gasteiger partial charge in [-0.2, -0.15) is 0 Å². The molecule has 2 rings (SSSR count). The van der Waals surface area contributed by atoms with Crippen LogP contribution in [0.15, 0.2) is 24.3 Å². The zero-order valence-corrected chi connectivity index (χ0v) is 13.4. The van der Waals surface area contributed by atoms with Crippen LogP contribution in [0.1, 0.15) is 50.4 Å². The predicted molar refractivity (Wildman–Crippen MR) is 85.7 cm³/mol. The van der Waals surface area contributed by atoms with E-state index in [9.17, 15) is 9.90 Å². The zero-order chi connectivity index (χ0) is 15.5. The average Bonchev–Trinajstić information content (AvgIpc) is 2.64. The van der Waals surface area contributed by atoms with Crippen LogP contribution in [0.3, 0.4) is 0 Å². The summed E-state index contributed by atoms with van der Waals surface area (Å²) in [5, 5.41) is 9.28. The van der Waals surface area contributed by atoms with Crippen molar-refractivity contribution in [3.63, 3.8) is 0 Å². The monoisotopic (exact) mass is 289 g/mol. The van der Waals surface area contributed by atoms with E-state index in [0.29, 0.717) is 17.5 Å². The third-order valence-electron chi connectivity index (χ3n) is 4.60. The Bertz CT molecular complexity index is 473. The van der Waals surface area contributed by atoms with Crippen molar-refractivity contribution < 1.29 is 9.90 Å². The number of benzene rings is 1. The Balaban J connectivity index is 1.91. The topological polar surface area (TPSA) is 40.5 Å². The van der Waals surface area contributed by atoms with E-state index in [0.717, 1.165) is 19.0 Å². The molecule has 1 saturated heterocycles. The van der Waals surface area contributed by atoms with E-state index >= 15 is 0 Å². The molecule has 1 atom stereocenters. The van der Waals surface area contributed by atoms with Gasteiger partial charge in [0.1, 0.15) is 5.75 Å². The predicted octanol–water partition coefficient (Wildman–Crippen LogP) is 3.72. The lowest BCUT2D eigenvalue weighted by atomic mass is 9.77. The van der Waals surface area contributed by atoms with Gasteiger partial charge in [-0.1, -0.05) is 20.8 Å². The Morgan fingerprint density at radius 3 is 2.48 bits per heavy atom. The second-order valence-electron chi connectivity index (χ2n) is 7.24. The standard InChI is InChI=1S/C18H27NO2/c1-18(2,3)15-5-4-11-19(12-10-15)13-17(21)14-6-8-16(20)9-7-14/h6-9,15,20H,4-5,10-13H2,1-3H3. The maximum Gasteiger partial charge on any atom is 0.176 e. The molecule has 1 fully saturated rings. The molecular formula is C18H27NO2. The average molecular weight is 289 g/mol. The molecule has 0 spiro atoms. The van der Waals surface area contributed by atoms with Crippen LogP contribution in [0, 0.1) is 11.3 Å². The first-order valence-corrected chi connectivity index (χ1v) is 7.91. The Kier molecular flexibility index (Phi) is 5.04. The van der Waals surface area contributed by atoms with Crippen LogP contribution in [-0.4, -0.2) is 35.4 Å². The summed E-state index contributed by atoms with van der Waals surface area (Å²) < 4.78 is 0. The van der Waals surface area contributed by atoms with E-state index < -0.39 is 0 Å². The second kappa shape index (κ2) is 6.61. The van der Waals surface area contributed by atoms with Crippen LogP contribution in [0.2, 0.25) is 0 Å². The summed E-state index contributed by atoms with van der Waals surface area (Å²) in [4.78, 5) is 14.6. The van der Waals surface area contributed by atoms with E-state index in [-0.39, 0.29) is 11.5 Å². The molecule has 1 aliphatic rings. The van der Waals surface area contributed by atoms with Crippen LogP contribution in [0.5, 0.6) is 5.75 Å². The normalized spacial score (nSPS) is 21.0. The number of hydrogen-bond acceptors (Lipinski definition) is 3. The van der Waals surface area contributed by atoms with E-state index in [1.54, 1.807) is 24.3 Å². The highest BCUT2D eigenvalue weighted by atomic mass is 16.3. The fraction of sp³-hybridized carbons (Fsp3) is 0.611. The molecule has 116 valence electrons. The minimum absolute atomic E-state index is 0.143. The highest BCUT2D eigenvalue weighted by Gasteiger charge is 2.27. The zero-order valence-electron chi connectivity index (χ0n) is 13.4. The maximum atomic E-state index is 12.3. The van der Waals surface area contributed by atoms with Gasteiger partial charge >= 0.3 is 0 Å². The van der Waals surface area contributed by atoms with Gasteiger partial charge < -0.3 is 5.11 Å². The smallest absolute Gasteiger partial charge is 0.176 e. The number of carbonyl (C=O) groups excluding carboxylic acids is 1. The van der Waals surface area contributed by atoms with Crippen molar-refractivity contribution in [2.24, 2.45) is 11.3 Å². The van der Waals surface area contributed by atoms with Gasteiger partial charge in [0.05, 0.1) is 6.54 Å². The minimum Gasteiger partial charge on any atom is -0.508 e. The lowest BCUT2D eigenvalue weighted by molar-refractivity contribution is 0.0930. The van der Waals surface area contributed by atoms with Crippen LogP contribution in [0.25, 0.3) is 0 Å². The second-order valence-corrected chi connectivity index (χ2v) is 7.24. The molecule has 0 amide bonds. The maximum absolute atomic E-state index is 12.3. The molecule has 0 saturated carbocycles. The van der Waals surface area contributed by atoms with Gasteiger partial charge in [0.15, 0.2) is 5.78 Å². The summed E-state index contributed by atoms with van der Waals surface area (Å²) in [6.07, 6.45) is 3.60. The fourth-order valence-electron chi connectivity index (χ4n) is 3.12.